The van der Waals surface area contributed by atoms with Crippen LogP contribution in [0, 0.1) is 0 Å². The molecule has 4 aromatic rings. The fraction of sp³-hybridized carbons (Fsp3) is 0.200. The van der Waals surface area contributed by atoms with E-state index < -0.39 is 0 Å². The Morgan fingerprint density at radius 1 is 0.875 bits per heavy atom. The van der Waals surface area contributed by atoms with Gasteiger partial charge in [0.2, 0.25) is 5.91 Å². The van der Waals surface area contributed by atoms with Gasteiger partial charge < -0.3 is 5.32 Å². The van der Waals surface area contributed by atoms with E-state index in [2.05, 4.69) is 49.3 Å². The third kappa shape index (κ3) is 6.04. The highest BCUT2D eigenvalue weighted by Gasteiger charge is 2.16. The molecule has 0 saturated carbocycles. The van der Waals surface area contributed by atoms with Crippen LogP contribution in [-0.4, -0.2) is 38.0 Å². The largest absolute Gasteiger partial charge is 0.355 e. The molecule has 2 aromatic heterocycles. The van der Waals surface area contributed by atoms with Crippen LogP contribution in [0.15, 0.2) is 90.3 Å². The number of aryl methyl sites for hydroxylation is 1. The summed E-state index contributed by atoms with van der Waals surface area (Å²) in [6, 6.07) is 24.3. The van der Waals surface area contributed by atoms with Crippen molar-refractivity contribution in [2.45, 2.75) is 24.5 Å². The molecule has 4 rings (SSSR count). The Balaban J connectivity index is 1.37. The highest BCUT2D eigenvalue weighted by atomic mass is 32.2. The SMILES string of the molecule is O=C(CSc1nnc(-c2ccncc2)n1Cc1ccccc1)NCCCc1ccccc1. The molecule has 0 aliphatic rings. The van der Waals surface area contributed by atoms with E-state index in [0.717, 1.165) is 34.9 Å². The summed E-state index contributed by atoms with van der Waals surface area (Å²) in [7, 11) is 0. The lowest BCUT2D eigenvalue weighted by Crippen LogP contribution is -2.26. The molecule has 0 aliphatic carbocycles. The van der Waals surface area contributed by atoms with Crippen molar-refractivity contribution < 1.29 is 4.79 Å². The molecular weight excluding hydrogens is 418 g/mol. The number of aromatic nitrogens is 4. The number of amides is 1. The lowest BCUT2D eigenvalue weighted by Gasteiger charge is -2.10. The van der Waals surface area contributed by atoms with Gasteiger partial charge in [0.25, 0.3) is 0 Å². The fourth-order valence-electron chi connectivity index (χ4n) is 3.36. The van der Waals surface area contributed by atoms with Crippen molar-refractivity contribution in [2.24, 2.45) is 0 Å². The fourth-order valence-corrected chi connectivity index (χ4v) is 4.13. The number of thioether (sulfide) groups is 1. The number of hydrogen-bond acceptors (Lipinski definition) is 5. The minimum absolute atomic E-state index is 0.00258. The summed E-state index contributed by atoms with van der Waals surface area (Å²) in [6.45, 7) is 1.29. The molecule has 7 heteroatoms. The zero-order chi connectivity index (χ0) is 22.0. The topological polar surface area (TPSA) is 72.7 Å². The van der Waals surface area contributed by atoms with Gasteiger partial charge >= 0.3 is 0 Å². The minimum atomic E-state index is 0.00258. The number of hydrogen-bond donors (Lipinski definition) is 1. The Labute approximate surface area is 192 Å². The summed E-state index contributed by atoms with van der Waals surface area (Å²) in [5.41, 5.74) is 3.38. The summed E-state index contributed by atoms with van der Waals surface area (Å²) in [5.74, 6) is 1.07. The molecule has 6 nitrogen and oxygen atoms in total. The molecule has 0 saturated heterocycles. The van der Waals surface area contributed by atoms with Gasteiger partial charge in [0.1, 0.15) is 0 Å². The lowest BCUT2D eigenvalue weighted by molar-refractivity contribution is -0.118. The maximum atomic E-state index is 12.4. The average Bonchev–Trinajstić information content (AvgIpc) is 3.24. The summed E-state index contributed by atoms with van der Waals surface area (Å²) >= 11 is 1.41. The van der Waals surface area contributed by atoms with Gasteiger partial charge in [0, 0.05) is 24.5 Å². The number of nitrogens with zero attached hydrogens (tertiary/aromatic N) is 4. The summed E-state index contributed by atoms with van der Waals surface area (Å²) in [5, 5.41) is 12.5. The number of carbonyl (C=O) groups is 1. The van der Waals surface area contributed by atoms with Gasteiger partial charge in [-0.3, -0.25) is 14.3 Å². The average molecular weight is 444 g/mol. The van der Waals surface area contributed by atoms with Crippen molar-refractivity contribution in [2.75, 3.05) is 12.3 Å². The second-order valence-corrected chi connectivity index (χ2v) is 8.28. The van der Waals surface area contributed by atoms with E-state index >= 15 is 0 Å². The first-order valence-corrected chi connectivity index (χ1v) is 11.6. The molecule has 0 unspecified atom stereocenters. The van der Waals surface area contributed by atoms with Gasteiger partial charge in [-0.1, -0.05) is 72.4 Å². The van der Waals surface area contributed by atoms with Crippen LogP contribution >= 0.6 is 11.8 Å². The summed E-state index contributed by atoms with van der Waals surface area (Å²) in [4.78, 5) is 16.5. The van der Waals surface area contributed by atoms with E-state index in [9.17, 15) is 4.79 Å². The molecule has 0 bridgehead atoms. The van der Waals surface area contributed by atoms with E-state index in [-0.39, 0.29) is 5.91 Å². The van der Waals surface area contributed by atoms with Crippen molar-refractivity contribution >= 4 is 17.7 Å². The minimum Gasteiger partial charge on any atom is -0.355 e. The van der Waals surface area contributed by atoms with Crippen molar-refractivity contribution in [3.05, 3.63) is 96.3 Å². The molecule has 0 spiro atoms. The number of nitrogens with one attached hydrogen (secondary N) is 1. The third-order valence-corrected chi connectivity index (χ3v) is 5.95. The quantitative estimate of drug-likeness (QED) is 0.293. The Morgan fingerprint density at radius 3 is 2.28 bits per heavy atom. The maximum absolute atomic E-state index is 12.4. The van der Waals surface area contributed by atoms with Crippen LogP contribution in [0.1, 0.15) is 17.5 Å². The zero-order valence-electron chi connectivity index (χ0n) is 17.7. The zero-order valence-corrected chi connectivity index (χ0v) is 18.5. The van der Waals surface area contributed by atoms with Crippen molar-refractivity contribution in [3.8, 4) is 11.4 Å². The number of benzene rings is 2. The Kier molecular flexibility index (Phi) is 7.65. The van der Waals surface area contributed by atoms with Gasteiger partial charge in [-0.05, 0) is 36.1 Å². The van der Waals surface area contributed by atoms with Crippen LogP contribution in [0.4, 0.5) is 0 Å². The van der Waals surface area contributed by atoms with E-state index in [1.807, 2.05) is 48.5 Å². The second-order valence-electron chi connectivity index (χ2n) is 7.34. The van der Waals surface area contributed by atoms with Crippen LogP contribution in [0.5, 0.6) is 0 Å². The predicted octanol–water partition coefficient (Wildman–Crippen LogP) is 4.23. The highest BCUT2D eigenvalue weighted by Crippen LogP contribution is 2.24. The van der Waals surface area contributed by atoms with Gasteiger partial charge in [0.05, 0.1) is 12.3 Å². The van der Waals surface area contributed by atoms with Crippen molar-refractivity contribution in [1.82, 2.24) is 25.1 Å². The summed E-state index contributed by atoms with van der Waals surface area (Å²) in [6.07, 6.45) is 5.35. The molecule has 0 radical (unpaired) electrons. The maximum Gasteiger partial charge on any atom is 0.230 e. The number of pyridine rings is 1. The first-order chi connectivity index (χ1) is 15.8. The van der Waals surface area contributed by atoms with Crippen LogP contribution in [0.25, 0.3) is 11.4 Å². The van der Waals surface area contributed by atoms with Crippen molar-refractivity contribution in [3.63, 3.8) is 0 Å². The summed E-state index contributed by atoms with van der Waals surface area (Å²) < 4.78 is 2.05. The van der Waals surface area contributed by atoms with Crippen molar-refractivity contribution in [1.29, 1.82) is 0 Å². The molecule has 1 N–H and O–H groups in total. The highest BCUT2D eigenvalue weighted by molar-refractivity contribution is 7.99. The van der Waals surface area contributed by atoms with E-state index in [0.29, 0.717) is 18.8 Å². The Bertz CT molecular complexity index is 1120. The first kappa shape index (κ1) is 21.8. The molecule has 0 aliphatic heterocycles. The lowest BCUT2D eigenvalue weighted by atomic mass is 10.1. The first-order valence-electron chi connectivity index (χ1n) is 10.6. The van der Waals surface area contributed by atoms with Crippen LogP contribution in [0.2, 0.25) is 0 Å². The van der Waals surface area contributed by atoms with Gasteiger partial charge in [-0.2, -0.15) is 0 Å². The van der Waals surface area contributed by atoms with E-state index in [1.165, 1.54) is 17.3 Å². The molecule has 1 amide bonds. The molecule has 0 atom stereocenters. The Morgan fingerprint density at radius 2 is 1.56 bits per heavy atom. The Hall–Kier alpha value is -3.45. The molecule has 2 aromatic carbocycles. The molecule has 2 heterocycles. The molecular formula is C25H25N5OS. The van der Waals surface area contributed by atoms with Gasteiger partial charge in [0.15, 0.2) is 11.0 Å². The number of carbonyl (C=O) groups excluding carboxylic acids is 1. The van der Waals surface area contributed by atoms with Crippen LogP contribution < -0.4 is 5.32 Å². The van der Waals surface area contributed by atoms with Gasteiger partial charge in [-0.25, -0.2) is 0 Å². The van der Waals surface area contributed by atoms with E-state index in [4.69, 9.17) is 0 Å². The van der Waals surface area contributed by atoms with Crippen LogP contribution in [-0.2, 0) is 17.8 Å². The standard InChI is InChI=1S/C25H25N5OS/c31-23(27-15-7-12-20-8-3-1-4-9-20)19-32-25-29-28-24(22-13-16-26-17-14-22)30(25)18-21-10-5-2-6-11-21/h1-6,8-11,13-14,16-17H,7,12,15,18-19H2,(H,27,31). The third-order valence-electron chi connectivity index (χ3n) is 4.98. The number of rotatable bonds is 10. The van der Waals surface area contributed by atoms with Gasteiger partial charge in [-0.15, -0.1) is 10.2 Å². The smallest absolute Gasteiger partial charge is 0.230 e. The van der Waals surface area contributed by atoms with Crippen LogP contribution in [0.3, 0.4) is 0 Å². The van der Waals surface area contributed by atoms with E-state index in [1.54, 1.807) is 12.4 Å². The molecule has 32 heavy (non-hydrogen) atoms. The monoisotopic (exact) mass is 443 g/mol. The molecule has 0 fully saturated rings. The normalized spacial score (nSPS) is 10.8. The predicted molar refractivity (Wildman–Crippen MR) is 127 cm³/mol. The molecule has 162 valence electrons. The second kappa shape index (κ2) is 11.2.